The molecule has 2 saturated carbocycles. The zero-order chi connectivity index (χ0) is 16.1. The Morgan fingerprint density at radius 1 is 1.32 bits per heavy atom. The molecule has 0 N–H and O–H groups in total. The van der Waals surface area contributed by atoms with Gasteiger partial charge < -0.3 is 4.74 Å². The Bertz CT molecular complexity index is 622. The number of fused-ring (bicyclic) bond motifs is 1. The summed E-state index contributed by atoms with van der Waals surface area (Å²) in [6, 6.07) is 7.63. The lowest BCUT2D eigenvalue weighted by atomic mass is 9.70. The van der Waals surface area contributed by atoms with Gasteiger partial charge in [0.2, 0.25) is 0 Å². The van der Waals surface area contributed by atoms with E-state index in [1.54, 1.807) is 0 Å². The topological polar surface area (TPSA) is 43.4 Å². The molecule has 3 rings (SSSR count). The number of methoxy groups -OCH3 is 1. The molecule has 2 aliphatic carbocycles. The first-order valence-electron chi connectivity index (χ1n) is 7.74. The molecule has 2 aliphatic rings. The highest BCUT2D eigenvalue weighted by atomic mass is 35.5. The molecule has 0 saturated heterocycles. The van der Waals surface area contributed by atoms with Gasteiger partial charge in [-0.3, -0.25) is 9.59 Å². The summed E-state index contributed by atoms with van der Waals surface area (Å²) in [7, 11) is 1.37. The zero-order valence-corrected chi connectivity index (χ0v) is 13.9. The molecule has 1 aromatic rings. The van der Waals surface area contributed by atoms with Crippen molar-refractivity contribution >= 4 is 23.4 Å². The maximum Gasteiger partial charge on any atom is 0.319 e. The molecule has 118 valence electrons. The minimum absolute atomic E-state index is 0.0395. The molecule has 0 amide bonds. The summed E-state index contributed by atoms with van der Waals surface area (Å²) in [6.07, 6.45) is 2.21. The quantitative estimate of drug-likeness (QED) is 0.628. The van der Waals surface area contributed by atoms with Crippen molar-refractivity contribution in [3.05, 3.63) is 34.9 Å². The molecule has 3 unspecified atom stereocenters. The predicted octanol–water partition coefficient (Wildman–Crippen LogP) is 3.68. The van der Waals surface area contributed by atoms with E-state index in [-0.39, 0.29) is 23.1 Å². The highest BCUT2D eigenvalue weighted by molar-refractivity contribution is 6.30. The molecule has 3 atom stereocenters. The number of esters is 1. The Hall–Kier alpha value is -1.35. The van der Waals surface area contributed by atoms with Crippen molar-refractivity contribution in [3.8, 4) is 0 Å². The van der Waals surface area contributed by atoms with Crippen LogP contribution in [0.25, 0.3) is 0 Å². The second-order valence-electron chi connectivity index (χ2n) is 7.01. The lowest BCUT2D eigenvalue weighted by Crippen LogP contribution is -2.45. The standard InChI is InChI=1S/C18H21ClO3/c1-11(2)18(16(21)22-3)10-13-9-17(13,15(18)20)8-12-4-6-14(19)7-5-12/h4-7,11,13H,8-10H2,1-3H3. The number of hydrogen-bond donors (Lipinski definition) is 0. The molecule has 0 spiro atoms. The van der Waals surface area contributed by atoms with Gasteiger partial charge in [0.25, 0.3) is 0 Å². The van der Waals surface area contributed by atoms with Gasteiger partial charge in [-0.15, -0.1) is 0 Å². The smallest absolute Gasteiger partial charge is 0.319 e. The minimum atomic E-state index is -0.954. The van der Waals surface area contributed by atoms with E-state index in [9.17, 15) is 9.59 Å². The first-order chi connectivity index (χ1) is 10.4. The van der Waals surface area contributed by atoms with Crippen LogP contribution in [0.2, 0.25) is 5.02 Å². The lowest BCUT2D eigenvalue weighted by molar-refractivity contribution is -0.161. The van der Waals surface area contributed by atoms with Crippen molar-refractivity contribution in [3.63, 3.8) is 0 Å². The van der Waals surface area contributed by atoms with Crippen LogP contribution in [-0.2, 0) is 20.7 Å². The third-order valence-electron chi connectivity index (χ3n) is 5.63. The van der Waals surface area contributed by atoms with E-state index < -0.39 is 5.41 Å². The van der Waals surface area contributed by atoms with Crippen molar-refractivity contribution in [2.75, 3.05) is 7.11 Å². The number of rotatable bonds is 4. The van der Waals surface area contributed by atoms with Crippen LogP contribution >= 0.6 is 11.6 Å². The Morgan fingerprint density at radius 2 is 1.95 bits per heavy atom. The first-order valence-corrected chi connectivity index (χ1v) is 8.12. The monoisotopic (exact) mass is 320 g/mol. The number of carbonyl (C=O) groups is 2. The average molecular weight is 321 g/mol. The van der Waals surface area contributed by atoms with Gasteiger partial charge >= 0.3 is 5.97 Å². The Morgan fingerprint density at radius 3 is 2.50 bits per heavy atom. The molecule has 0 aliphatic heterocycles. The van der Waals surface area contributed by atoms with E-state index in [1.807, 2.05) is 38.1 Å². The predicted molar refractivity (Wildman–Crippen MR) is 84.6 cm³/mol. The fraction of sp³-hybridized carbons (Fsp3) is 0.556. The summed E-state index contributed by atoms with van der Waals surface area (Å²) >= 11 is 5.92. The van der Waals surface area contributed by atoms with Crippen LogP contribution in [0.4, 0.5) is 0 Å². The van der Waals surface area contributed by atoms with E-state index >= 15 is 0 Å². The molecule has 22 heavy (non-hydrogen) atoms. The van der Waals surface area contributed by atoms with Gasteiger partial charge in [-0.05, 0) is 48.8 Å². The van der Waals surface area contributed by atoms with E-state index in [4.69, 9.17) is 16.3 Å². The summed E-state index contributed by atoms with van der Waals surface area (Å²) in [5.41, 5.74) is -0.221. The summed E-state index contributed by atoms with van der Waals surface area (Å²) in [6.45, 7) is 3.88. The molecular weight excluding hydrogens is 300 g/mol. The highest BCUT2D eigenvalue weighted by Gasteiger charge is 2.74. The maximum absolute atomic E-state index is 13.2. The van der Waals surface area contributed by atoms with Crippen LogP contribution < -0.4 is 0 Å². The molecule has 0 aromatic heterocycles. The van der Waals surface area contributed by atoms with Gasteiger partial charge in [0, 0.05) is 10.4 Å². The molecule has 4 heteroatoms. The van der Waals surface area contributed by atoms with E-state index in [0.29, 0.717) is 23.8 Å². The normalized spacial score (nSPS) is 33.0. The van der Waals surface area contributed by atoms with Crippen LogP contribution in [-0.4, -0.2) is 18.9 Å². The fourth-order valence-electron chi connectivity index (χ4n) is 4.21. The number of Topliss-reactive ketones (excluding diaryl/α,β-unsaturated/α-hetero) is 1. The third kappa shape index (κ3) is 2.02. The van der Waals surface area contributed by atoms with Crippen LogP contribution in [0.15, 0.2) is 24.3 Å². The minimum Gasteiger partial charge on any atom is -0.468 e. The van der Waals surface area contributed by atoms with E-state index in [1.165, 1.54) is 7.11 Å². The largest absolute Gasteiger partial charge is 0.468 e. The Balaban J connectivity index is 1.90. The number of hydrogen-bond acceptors (Lipinski definition) is 3. The summed E-state index contributed by atoms with van der Waals surface area (Å²) < 4.78 is 4.97. The SMILES string of the molecule is COC(=O)C1(C(C)C)CC2CC2(Cc2ccc(Cl)cc2)C1=O. The second kappa shape index (κ2) is 5.09. The zero-order valence-electron chi connectivity index (χ0n) is 13.2. The van der Waals surface area contributed by atoms with Crippen LogP contribution in [0.3, 0.4) is 0 Å². The number of ketones is 1. The van der Waals surface area contributed by atoms with E-state index in [2.05, 4.69) is 0 Å². The van der Waals surface area contributed by atoms with Crippen LogP contribution in [0, 0.1) is 22.7 Å². The number of benzene rings is 1. The molecule has 1 aromatic carbocycles. The summed E-state index contributed by atoms with van der Waals surface area (Å²) in [4.78, 5) is 25.5. The van der Waals surface area contributed by atoms with Crippen LogP contribution in [0.1, 0.15) is 32.3 Å². The van der Waals surface area contributed by atoms with Gasteiger partial charge in [-0.2, -0.15) is 0 Å². The van der Waals surface area contributed by atoms with Crippen molar-refractivity contribution in [1.29, 1.82) is 0 Å². The summed E-state index contributed by atoms with van der Waals surface area (Å²) in [5.74, 6) is -0.0171. The number of carbonyl (C=O) groups excluding carboxylic acids is 2. The van der Waals surface area contributed by atoms with Crippen molar-refractivity contribution < 1.29 is 14.3 Å². The maximum atomic E-state index is 13.2. The van der Waals surface area contributed by atoms with Crippen molar-refractivity contribution in [2.45, 2.75) is 33.1 Å². The molecule has 0 heterocycles. The van der Waals surface area contributed by atoms with Crippen molar-refractivity contribution in [1.82, 2.24) is 0 Å². The Labute approximate surface area is 136 Å². The third-order valence-corrected chi connectivity index (χ3v) is 5.88. The average Bonchev–Trinajstić information content (AvgIpc) is 3.12. The van der Waals surface area contributed by atoms with Crippen LogP contribution in [0.5, 0.6) is 0 Å². The first kappa shape index (κ1) is 15.5. The fourth-order valence-corrected chi connectivity index (χ4v) is 4.33. The molecular formula is C18H21ClO3. The molecule has 2 fully saturated rings. The van der Waals surface area contributed by atoms with Gasteiger partial charge in [0.05, 0.1) is 7.11 Å². The van der Waals surface area contributed by atoms with Gasteiger partial charge in [0.1, 0.15) is 5.41 Å². The van der Waals surface area contributed by atoms with Gasteiger partial charge in [-0.1, -0.05) is 37.6 Å². The number of halogens is 1. The lowest BCUT2D eigenvalue weighted by Gasteiger charge is -2.31. The second-order valence-corrected chi connectivity index (χ2v) is 7.45. The van der Waals surface area contributed by atoms with Gasteiger partial charge in [-0.25, -0.2) is 0 Å². The molecule has 3 nitrogen and oxygen atoms in total. The molecule has 0 bridgehead atoms. The number of ether oxygens (including phenoxy) is 1. The highest BCUT2D eigenvalue weighted by Crippen LogP contribution is 2.69. The molecule has 0 radical (unpaired) electrons. The van der Waals surface area contributed by atoms with E-state index in [0.717, 1.165) is 12.0 Å². The van der Waals surface area contributed by atoms with Crippen molar-refractivity contribution in [2.24, 2.45) is 22.7 Å². The van der Waals surface area contributed by atoms with Gasteiger partial charge in [0.15, 0.2) is 5.78 Å². The summed E-state index contributed by atoms with van der Waals surface area (Å²) in [5, 5.41) is 0.692. The Kier molecular flexibility index (Phi) is 3.59.